The highest BCUT2D eigenvalue weighted by Crippen LogP contribution is 2.39. The van der Waals surface area contributed by atoms with Crippen molar-refractivity contribution >= 4 is 0 Å². The molecule has 0 saturated heterocycles. The molecule has 0 atom stereocenters. The fraction of sp³-hybridized carbons (Fsp3) is 0.250. The maximum atomic E-state index is 2.45. The third-order valence-electron chi connectivity index (χ3n) is 6.25. The Bertz CT molecular complexity index is 1180. The fourth-order valence-electron chi connectivity index (χ4n) is 4.72. The minimum atomic E-state index is 0.434. The van der Waals surface area contributed by atoms with E-state index in [4.69, 9.17) is 0 Å². The third kappa shape index (κ3) is 2.99. The highest BCUT2D eigenvalue weighted by atomic mass is 15.1. The molecule has 5 rings (SSSR count). The van der Waals surface area contributed by atoms with E-state index in [1.807, 2.05) is 0 Å². The van der Waals surface area contributed by atoms with E-state index in [1.54, 1.807) is 0 Å². The SMILES string of the molecule is CC(C)c1cc(-c2ccccc2)cc(C(C)C)c1-n1ccc2c1-c1cccc[n+]1C2. The fourth-order valence-corrected chi connectivity index (χ4v) is 4.72. The lowest BCUT2D eigenvalue weighted by Crippen LogP contribution is -2.31. The Balaban J connectivity index is 1.79. The van der Waals surface area contributed by atoms with E-state index in [-0.39, 0.29) is 0 Å². The van der Waals surface area contributed by atoms with Crippen molar-refractivity contribution in [2.45, 2.75) is 46.1 Å². The highest BCUT2D eigenvalue weighted by molar-refractivity contribution is 5.72. The van der Waals surface area contributed by atoms with Crippen LogP contribution in [-0.4, -0.2) is 4.57 Å². The van der Waals surface area contributed by atoms with E-state index in [2.05, 4.69) is 116 Å². The number of benzene rings is 2. The molecule has 2 aromatic heterocycles. The van der Waals surface area contributed by atoms with E-state index in [0.717, 1.165) is 6.54 Å². The molecule has 0 N–H and O–H groups in total. The molecule has 2 aromatic carbocycles. The summed E-state index contributed by atoms with van der Waals surface area (Å²) in [4.78, 5) is 0. The molecule has 1 aliphatic heterocycles. The van der Waals surface area contributed by atoms with Crippen molar-refractivity contribution in [2.75, 3.05) is 0 Å². The van der Waals surface area contributed by atoms with Crippen LogP contribution in [0.3, 0.4) is 0 Å². The van der Waals surface area contributed by atoms with Crippen molar-refractivity contribution in [3.8, 4) is 28.2 Å². The number of aromatic nitrogens is 2. The Morgan fingerprint density at radius 3 is 2.10 bits per heavy atom. The maximum Gasteiger partial charge on any atom is 0.230 e. The number of hydrogen-bond acceptors (Lipinski definition) is 0. The molecule has 1 aliphatic rings. The van der Waals surface area contributed by atoms with Gasteiger partial charge in [0.25, 0.3) is 0 Å². The zero-order valence-corrected chi connectivity index (χ0v) is 18.3. The molecule has 0 saturated carbocycles. The summed E-state index contributed by atoms with van der Waals surface area (Å²) in [6.07, 6.45) is 4.46. The molecule has 0 radical (unpaired) electrons. The van der Waals surface area contributed by atoms with Gasteiger partial charge in [0.1, 0.15) is 5.69 Å². The third-order valence-corrected chi connectivity index (χ3v) is 6.25. The van der Waals surface area contributed by atoms with Gasteiger partial charge in [-0.05, 0) is 58.4 Å². The Hall–Kier alpha value is -3.13. The summed E-state index contributed by atoms with van der Waals surface area (Å²) in [5.74, 6) is 0.868. The predicted octanol–water partition coefficient (Wildman–Crippen LogP) is 6.71. The van der Waals surface area contributed by atoms with Gasteiger partial charge in [0, 0.05) is 23.9 Å². The maximum absolute atomic E-state index is 2.45. The molecule has 2 nitrogen and oxygen atoms in total. The largest absolute Gasteiger partial charge is 0.310 e. The topological polar surface area (TPSA) is 8.81 Å². The van der Waals surface area contributed by atoms with Crippen molar-refractivity contribution in [3.05, 3.63) is 95.8 Å². The van der Waals surface area contributed by atoms with Gasteiger partial charge in [-0.15, -0.1) is 0 Å². The second-order valence-electron chi connectivity index (χ2n) is 8.95. The molecule has 0 spiro atoms. The molecule has 0 aliphatic carbocycles. The molecular formula is C28H29N2+. The molecule has 4 aromatic rings. The second-order valence-corrected chi connectivity index (χ2v) is 8.95. The summed E-state index contributed by atoms with van der Waals surface area (Å²) in [6, 6.07) is 24.4. The summed E-state index contributed by atoms with van der Waals surface area (Å²) < 4.78 is 4.80. The summed E-state index contributed by atoms with van der Waals surface area (Å²) in [6.45, 7) is 10.2. The average molecular weight is 394 g/mol. The zero-order chi connectivity index (χ0) is 20.8. The van der Waals surface area contributed by atoms with Crippen LogP contribution >= 0.6 is 0 Å². The van der Waals surface area contributed by atoms with Crippen molar-refractivity contribution in [3.63, 3.8) is 0 Å². The van der Waals surface area contributed by atoms with Gasteiger partial charge in [0.15, 0.2) is 12.7 Å². The molecule has 0 bridgehead atoms. The van der Waals surface area contributed by atoms with Crippen LogP contribution in [0.4, 0.5) is 0 Å². The van der Waals surface area contributed by atoms with Gasteiger partial charge in [-0.3, -0.25) is 0 Å². The Kier molecular flexibility index (Phi) is 4.58. The van der Waals surface area contributed by atoms with Crippen LogP contribution in [0.1, 0.15) is 56.2 Å². The molecule has 0 fully saturated rings. The van der Waals surface area contributed by atoms with Crippen LogP contribution in [0, 0.1) is 0 Å². The van der Waals surface area contributed by atoms with E-state index in [0.29, 0.717) is 11.8 Å². The number of fused-ring (bicyclic) bond motifs is 3. The Morgan fingerprint density at radius 1 is 0.767 bits per heavy atom. The smallest absolute Gasteiger partial charge is 0.230 e. The Labute approximate surface area is 179 Å². The number of nitrogens with zero attached hydrogens (tertiary/aromatic N) is 2. The summed E-state index contributed by atoms with van der Waals surface area (Å²) >= 11 is 0. The van der Waals surface area contributed by atoms with Crippen molar-refractivity contribution < 1.29 is 4.57 Å². The molecule has 30 heavy (non-hydrogen) atoms. The van der Waals surface area contributed by atoms with Gasteiger partial charge < -0.3 is 4.57 Å². The van der Waals surface area contributed by atoms with Crippen molar-refractivity contribution in [1.82, 2.24) is 4.57 Å². The number of rotatable bonds is 4. The van der Waals surface area contributed by atoms with Crippen LogP contribution in [0.15, 0.2) is 79.1 Å². The van der Waals surface area contributed by atoms with Gasteiger partial charge >= 0.3 is 0 Å². The van der Waals surface area contributed by atoms with Gasteiger partial charge in [-0.25, -0.2) is 0 Å². The first-order chi connectivity index (χ1) is 14.5. The molecule has 150 valence electrons. The summed E-state index contributed by atoms with van der Waals surface area (Å²) in [7, 11) is 0. The van der Waals surface area contributed by atoms with Gasteiger partial charge in [-0.1, -0.05) is 58.0 Å². The average Bonchev–Trinajstić information content (AvgIpc) is 3.32. The first-order valence-corrected chi connectivity index (χ1v) is 11.0. The Morgan fingerprint density at radius 2 is 1.43 bits per heavy atom. The number of hydrogen-bond donors (Lipinski definition) is 0. The molecule has 2 heteroatoms. The summed E-state index contributed by atoms with van der Waals surface area (Å²) in [5.41, 5.74) is 10.8. The van der Waals surface area contributed by atoms with Gasteiger partial charge in [-0.2, -0.15) is 4.57 Å². The lowest BCUT2D eigenvalue weighted by Gasteiger charge is -2.23. The van der Waals surface area contributed by atoms with E-state index < -0.39 is 0 Å². The summed E-state index contributed by atoms with van der Waals surface area (Å²) in [5, 5.41) is 0. The minimum Gasteiger partial charge on any atom is -0.310 e. The first-order valence-electron chi connectivity index (χ1n) is 11.0. The highest BCUT2D eigenvalue weighted by Gasteiger charge is 2.31. The quantitative estimate of drug-likeness (QED) is 0.300. The van der Waals surface area contributed by atoms with E-state index in [1.165, 1.54) is 44.9 Å². The predicted molar refractivity (Wildman–Crippen MR) is 124 cm³/mol. The van der Waals surface area contributed by atoms with Gasteiger partial charge in [0.2, 0.25) is 5.69 Å². The molecule has 0 amide bonds. The lowest BCUT2D eigenvalue weighted by molar-refractivity contribution is -0.672. The second kappa shape index (κ2) is 7.28. The van der Waals surface area contributed by atoms with Crippen molar-refractivity contribution in [2.24, 2.45) is 0 Å². The molecular weight excluding hydrogens is 364 g/mol. The molecule has 3 heterocycles. The number of pyridine rings is 1. The first kappa shape index (κ1) is 18.9. The van der Waals surface area contributed by atoms with Crippen LogP contribution in [0.5, 0.6) is 0 Å². The standard InChI is InChI=1S/C28H29N2/c1-19(2)24-16-23(21-10-6-5-7-11-21)17-25(20(3)4)28(24)30-15-13-22-18-29-14-9-8-12-26(29)27(22)30/h5-17,19-20H,18H2,1-4H3/q+1. The monoisotopic (exact) mass is 393 g/mol. The molecule has 0 unspecified atom stereocenters. The zero-order valence-electron chi connectivity index (χ0n) is 18.3. The van der Waals surface area contributed by atoms with Crippen molar-refractivity contribution in [1.29, 1.82) is 0 Å². The lowest BCUT2D eigenvalue weighted by atomic mass is 9.88. The van der Waals surface area contributed by atoms with Crippen LogP contribution in [0.25, 0.3) is 28.2 Å². The van der Waals surface area contributed by atoms with Crippen LogP contribution in [0.2, 0.25) is 0 Å². The normalized spacial score (nSPS) is 12.5. The minimum absolute atomic E-state index is 0.434. The van der Waals surface area contributed by atoms with Crippen LogP contribution in [-0.2, 0) is 6.54 Å². The van der Waals surface area contributed by atoms with Gasteiger partial charge in [0.05, 0.1) is 5.69 Å². The van der Waals surface area contributed by atoms with Crippen LogP contribution < -0.4 is 4.57 Å². The van der Waals surface area contributed by atoms with E-state index in [9.17, 15) is 0 Å². The van der Waals surface area contributed by atoms with E-state index >= 15 is 0 Å².